The number of nitrogens with zero attached hydrogens (tertiary/aromatic N) is 2. The van der Waals surface area contributed by atoms with Crippen LogP contribution in [0.2, 0.25) is 0 Å². The van der Waals surface area contributed by atoms with Gasteiger partial charge >= 0.3 is 0 Å². The average Bonchev–Trinajstić information content (AvgIpc) is 2.96. The van der Waals surface area contributed by atoms with E-state index in [0.29, 0.717) is 14.8 Å². The standard InChI is InChI=1S/C21H20N2O4S2/c1-22(12-17(25)15-7-9-16(24)10-8-15)19(26)13-23-20(27)18(29-21(23)28)11-14-5-3-2-4-6-14/h2-11,17,24-25H,12-13H2,1H3/b18-11+. The summed E-state index contributed by atoms with van der Waals surface area (Å²) in [5, 5.41) is 19.6. The summed E-state index contributed by atoms with van der Waals surface area (Å²) in [6.45, 7) is -0.131. The van der Waals surface area contributed by atoms with Crippen molar-refractivity contribution < 1.29 is 19.8 Å². The normalized spacial score (nSPS) is 16.3. The van der Waals surface area contributed by atoms with Gasteiger partial charge in [0.25, 0.3) is 5.91 Å². The van der Waals surface area contributed by atoms with E-state index in [1.807, 2.05) is 30.3 Å². The summed E-state index contributed by atoms with van der Waals surface area (Å²) in [6.07, 6.45) is 0.843. The topological polar surface area (TPSA) is 81.1 Å². The van der Waals surface area contributed by atoms with Crippen molar-refractivity contribution in [2.45, 2.75) is 6.10 Å². The zero-order valence-electron chi connectivity index (χ0n) is 15.7. The molecule has 150 valence electrons. The van der Waals surface area contributed by atoms with Crippen molar-refractivity contribution in [2.24, 2.45) is 0 Å². The average molecular weight is 429 g/mol. The summed E-state index contributed by atoms with van der Waals surface area (Å²) in [5.74, 6) is -0.534. The second-order valence-corrected chi connectivity index (χ2v) is 8.24. The van der Waals surface area contributed by atoms with E-state index in [1.165, 1.54) is 33.7 Å². The summed E-state index contributed by atoms with van der Waals surface area (Å²) in [6, 6.07) is 15.5. The highest BCUT2D eigenvalue weighted by Gasteiger charge is 2.34. The molecule has 1 heterocycles. The van der Waals surface area contributed by atoms with Crippen LogP contribution in [0, 0.1) is 0 Å². The van der Waals surface area contributed by atoms with Crippen molar-refractivity contribution >= 4 is 46.2 Å². The lowest BCUT2D eigenvalue weighted by molar-refractivity contribution is -0.135. The van der Waals surface area contributed by atoms with Crippen LogP contribution in [0.3, 0.4) is 0 Å². The number of hydrogen-bond donors (Lipinski definition) is 2. The van der Waals surface area contributed by atoms with E-state index in [0.717, 1.165) is 5.56 Å². The number of aliphatic hydroxyl groups excluding tert-OH is 1. The van der Waals surface area contributed by atoms with E-state index >= 15 is 0 Å². The molecule has 2 aromatic rings. The van der Waals surface area contributed by atoms with Crippen molar-refractivity contribution in [1.82, 2.24) is 9.80 Å². The van der Waals surface area contributed by atoms with Gasteiger partial charge in [-0.25, -0.2) is 0 Å². The summed E-state index contributed by atoms with van der Waals surface area (Å²) < 4.78 is 0.331. The molecule has 2 amide bonds. The van der Waals surface area contributed by atoms with Gasteiger partial charge in [0.05, 0.1) is 17.6 Å². The van der Waals surface area contributed by atoms with Gasteiger partial charge in [0.1, 0.15) is 16.6 Å². The number of carbonyl (C=O) groups excluding carboxylic acids is 2. The number of likely N-dealkylation sites (N-methyl/N-ethyl adjacent to an activating group) is 1. The van der Waals surface area contributed by atoms with Crippen LogP contribution in [0.1, 0.15) is 17.2 Å². The van der Waals surface area contributed by atoms with Gasteiger partial charge in [-0.3, -0.25) is 14.5 Å². The fourth-order valence-electron chi connectivity index (χ4n) is 2.76. The quantitative estimate of drug-likeness (QED) is 0.544. The summed E-state index contributed by atoms with van der Waals surface area (Å²) >= 11 is 6.44. The first-order chi connectivity index (χ1) is 13.8. The highest BCUT2D eigenvalue weighted by molar-refractivity contribution is 8.26. The number of phenols is 1. The number of amides is 2. The summed E-state index contributed by atoms with van der Waals surface area (Å²) in [4.78, 5) is 28.3. The highest BCUT2D eigenvalue weighted by atomic mass is 32.2. The summed E-state index contributed by atoms with van der Waals surface area (Å²) in [7, 11) is 1.56. The van der Waals surface area contributed by atoms with Gasteiger partial charge in [-0.05, 0) is 29.3 Å². The SMILES string of the molecule is CN(CC(O)c1ccc(O)cc1)C(=O)CN1C(=O)/C(=C\c2ccccc2)SC1=S. The molecule has 29 heavy (non-hydrogen) atoms. The third-order valence-electron chi connectivity index (χ3n) is 4.41. The van der Waals surface area contributed by atoms with Crippen LogP contribution >= 0.6 is 24.0 Å². The molecule has 1 saturated heterocycles. The minimum atomic E-state index is -0.909. The molecular formula is C21H20N2O4S2. The molecule has 1 aliphatic heterocycles. The number of thioether (sulfide) groups is 1. The van der Waals surface area contributed by atoms with Crippen molar-refractivity contribution in [1.29, 1.82) is 0 Å². The Kier molecular flexibility index (Phi) is 6.68. The zero-order valence-corrected chi connectivity index (χ0v) is 17.3. The van der Waals surface area contributed by atoms with Crippen molar-refractivity contribution in [3.63, 3.8) is 0 Å². The molecule has 1 aliphatic rings. The third kappa shape index (κ3) is 5.23. The minimum absolute atomic E-state index is 0.0538. The molecule has 0 spiro atoms. The first-order valence-corrected chi connectivity index (χ1v) is 10.1. The Morgan fingerprint density at radius 3 is 2.52 bits per heavy atom. The number of aromatic hydroxyl groups is 1. The Bertz CT molecular complexity index is 945. The molecule has 0 saturated carbocycles. The summed E-state index contributed by atoms with van der Waals surface area (Å²) in [5.41, 5.74) is 1.47. The van der Waals surface area contributed by atoms with Crippen molar-refractivity contribution in [3.8, 4) is 5.75 Å². The lowest BCUT2D eigenvalue weighted by atomic mass is 10.1. The van der Waals surface area contributed by atoms with E-state index in [4.69, 9.17) is 12.2 Å². The van der Waals surface area contributed by atoms with Gasteiger partial charge in [0, 0.05) is 7.05 Å². The van der Waals surface area contributed by atoms with E-state index in [-0.39, 0.29) is 30.7 Å². The molecule has 8 heteroatoms. The van der Waals surface area contributed by atoms with Gasteiger partial charge in [-0.15, -0.1) is 0 Å². The Morgan fingerprint density at radius 1 is 1.21 bits per heavy atom. The Labute approximate surface area is 178 Å². The Balaban J connectivity index is 1.62. The van der Waals surface area contributed by atoms with Gasteiger partial charge in [0.15, 0.2) is 0 Å². The molecule has 1 unspecified atom stereocenters. The van der Waals surface area contributed by atoms with Crippen LogP contribution in [-0.2, 0) is 9.59 Å². The number of thiocarbonyl (C=S) groups is 1. The molecule has 6 nitrogen and oxygen atoms in total. The van der Waals surface area contributed by atoms with Gasteiger partial charge in [0.2, 0.25) is 5.91 Å². The van der Waals surface area contributed by atoms with E-state index in [9.17, 15) is 19.8 Å². The van der Waals surface area contributed by atoms with E-state index in [2.05, 4.69) is 0 Å². The van der Waals surface area contributed by atoms with Crippen molar-refractivity contribution in [2.75, 3.05) is 20.1 Å². The third-order valence-corrected chi connectivity index (χ3v) is 5.79. The van der Waals surface area contributed by atoms with Crippen LogP contribution in [0.15, 0.2) is 59.5 Å². The molecule has 0 aromatic heterocycles. The first-order valence-electron chi connectivity index (χ1n) is 8.86. The lowest BCUT2D eigenvalue weighted by Gasteiger charge is -2.23. The van der Waals surface area contributed by atoms with Crippen LogP contribution < -0.4 is 0 Å². The largest absolute Gasteiger partial charge is 0.508 e. The fourth-order valence-corrected chi connectivity index (χ4v) is 4.01. The number of hydrogen-bond acceptors (Lipinski definition) is 6. The second-order valence-electron chi connectivity index (χ2n) is 6.56. The molecule has 0 radical (unpaired) electrons. The first kappa shape index (κ1) is 21.0. The number of carbonyl (C=O) groups is 2. The highest BCUT2D eigenvalue weighted by Crippen LogP contribution is 2.32. The fraction of sp³-hybridized carbons (Fsp3) is 0.190. The maximum Gasteiger partial charge on any atom is 0.266 e. The monoisotopic (exact) mass is 428 g/mol. The number of phenolic OH excluding ortho intramolecular Hbond substituents is 1. The molecule has 3 rings (SSSR count). The van der Waals surface area contributed by atoms with Crippen LogP contribution in [0.5, 0.6) is 5.75 Å². The molecule has 1 atom stereocenters. The smallest absolute Gasteiger partial charge is 0.266 e. The predicted octanol–water partition coefficient (Wildman–Crippen LogP) is 2.79. The van der Waals surface area contributed by atoms with Crippen LogP contribution in [0.4, 0.5) is 0 Å². The van der Waals surface area contributed by atoms with Gasteiger partial charge in [-0.2, -0.15) is 0 Å². The molecule has 0 aliphatic carbocycles. The number of benzene rings is 2. The Morgan fingerprint density at radius 2 is 1.86 bits per heavy atom. The van der Waals surface area contributed by atoms with E-state index in [1.54, 1.807) is 25.3 Å². The minimum Gasteiger partial charge on any atom is -0.508 e. The molecule has 2 N–H and O–H groups in total. The van der Waals surface area contributed by atoms with Crippen LogP contribution in [-0.4, -0.2) is 56.3 Å². The molecule has 2 aromatic carbocycles. The van der Waals surface area contributed by atoms with Crippen LogP contribution in [0.25, 0.3) is 6.08 Å². The maximum absolute atomic E-state index is 12.7. The van der Waals surface area contributed by atoms with E-state index < -0.39 is 6.10 Å². The number of aliphatic hydroxyl groups is 1. The second kappa shape index (κ2) is 9.21. The molecular weight excluding hydrogens is 408 g/mol. The lowest BCUT2D eigenvalue weighted by Crippen LogP contribution is -2.41. The van der Waals surface area contributed by atoms with Crippen molar-refractivity contribution in [3.05, 3.63) is 70.6 Å². The Hall–Kier alpha value is -2.68. The molecule has 0 bridgehead atoms. The number of rotatable bonds is 6. The van der Waals surface area contributed by atoms with Gasteiger partial charge in [-0.1, -0.05) is 66.4 Å². The van der Waals surface area contributed by atoms with Gasteiger partial charge < -0.3 is 15.1 Å². The predicted molar refractivity (Wildman–Crippen MR) is 117 cm³/mol. The maximum atomic E-state index is 12.7. The molecule has 1 fully saturated rings. The zero-order chi connectivity index (χ0) is 21.0.